The van der Waals surface area contributed by atoms with Crippen LogP contribution in [0.1, 0.15) is 40.8 Å². The van der Waals surface area contributed by atoms with Crippen molar-refractivity contribution in [2.75, 3.05) is 18.8 Å². The molecule has 21 heavy (non-hydrogen) atoms. The van der Waals surface area contributed by atoms with Gasteiger partial charge in [0.05, 0.1) is 11.4 Å². The molecule has 1 amide bonds. The molecule has 0 aromatic carbocycles. The Morgan fingerprint density at radius 1 is 1.52 bits per heavy atom. The molecule has 1 aliphatic rings. The molecule has 0 radical (unpaired) electrons. The van der Waals surface area contributed by atoms with Crippen LogP contribution >= 0.6 is 0 Å². The number of H-pyrrole nitrogens is 1. The first kappa shape index (κ1) is 13.6. The van der Waals surface area contributed by atoms with Crippen molar-refractivity contribution in [3.8, 4) is 0 Å². The minimum atomic E-state index is -0.122. The van der Waals surface area contributed by atoms with Gasteiger partial charge in [0.2, 0.25) is 0 Å². The molecule has 3 heterocycles. The normalized spacial score (nSPS) is 19.0. The summed E-state index contributed by atoms with van der Waals surface area (Å²) < 4.78 is 1.91. The lowest BCUT2D eigenvalue weighted by Crippen LogP contribution is -2.40. The predicted molar refractivity (Wildman–Crippen MR) is 76.6 cm³/mol. The maximum atomic E-state index is 12.6. The topological polar surface area (TPSA) is 106 Å². The molecular formula is C13H19N7O. The summed E-state index contributed by atoms with van der Waals surface area (Å²) in [6, 6.07) is 0. The van der Waals surface area contributed by atoms with Crippen molar-refractivity contribution in [2.45, 2.75) is 25.7 Å². The molecule has 2 aromatic heterocycles. The highest BCUT2D eigenvalue weighted by Crippen LogP contribution is 2.26. The quantitative estimate of drug-likeness (QED) is 0.835. The van der Waals surface area contributed by atoms with E-state index < -0.39 is 0 Å². The van der Waals surface area contributed by atoms with Crippen molar-refractivity contribution in [2.24, 2.45) is 7.05 Å². The summed E-state index contributed by atoms with van der Waals surface area (Å²) in [4.78, 5) is 14.4. The molecule has 1 fully saturated rings. The molecule has 8 nitrogen and oxygen atoms in total. The number of nitrogens with two attached hydrogens (primary N) is 1. The molecule has 1 saturated heterocycles. The number of piperidine rings is 1. The second-order valence-corrected chi connectivity index (χ2v) is 5.50. The molecule has 1 atom stereocenters. The zero-order chi connectivity index (χ0) is 15.0. The maximum absolute atomic E-state index is 12.6. The van der Waals surface area contributed by atoms with E-state index in [1.54, 1.807) is 18.2 Å². The second-order valence-electron chi connectivity index (χ2n) is 5.50. The smallest absolute Gasteiger partial charge is 0.276 e. The van der Waals surface area contributed by atoms with Crippen LogP contribution in [-0.2, 0) is 7.05 Å². The van der Waals surface area contributed by atoms with Gasteiger partial charge in [-0.3, -0.25) is 9.89 Å². The van der Waals surface area contributed by atoms with Gasteiger partial charge in [0, 0.05) is 26.1 Å². The summed E-state index contributed by atoms with van der Waals surface area (Å²) in [5.41, 5.74) is 7.36. The van der Waals surface area contributed by atoms with Gasteiger partial charge in [0.25, 0.3) is 5.91 Å². The van der Waals surface area contributed by atoms with Gasteiger partial charge in [-0.25, -0.2) is 0 Å². The van der Waals surface area contributed by atoms with Crippen LogP contribution in [0.15, 0.2) is 6.33 Å². The molecule has 8 heteroatoms. The number of carbonyl (C=O) groups excluding carboxylic acids is 1. The molecular weight excluding hydrogens is 270 g/mol. The van der Waals surface area contributed by atoms with E-state index in [9.17, 15) is 4.79 Å². The summed E-state index contributed by atoms with van der Waals surface area (Å²) in [5, 5.41) is 14.8. The molecule has 3 N–H and O–H groups in total. The summed E-state index contributed by atoms with van der Waals surface area (Å²) >= 11 is 0. The van der Waals surface area contributed by atoms with E-state index in [1.807, 2.05) is 11.6 Å². The summed E-state index contributed by atoms with van der Waals surface area (Å²) in [6.07, 6.45) is 3.63. The van der Waals surface area contributed by atoms with Gasteiger partial charge in [0.1, 0.15) is 12.2 Å². The molecule has 3 rings (SSSR count). The number of aromatic amines is 1. The lowest BCUT2D eigenvalue weighted by Gasteiger charge is -2.31. The molecule has 1 unspecified atom stereocenters. The average Bonchev–Trinajstić information content (AvgIpc) is 3.06. The van der Waals surface area contributed by atoms with Crippen LogP contribution in [0.5, 0.6) is 0 Å². The van der Waals surface area contributed by atoms with E-state index in [4.69, 9.17) is 5.73 Å². The summed E-state index contributed by atoms with van der Waals surface area (Å²) in [6.45, 7) is 3.15. The Morgan fingerprint density at radius 3 is 2.95 bits per heavy atom. The summed E-state index contributed by atoms with van der Waals surface area (Å²) in [5.74, 6) is 0.999. The molecule has 0 aliphatic carbocycles. The number of amides is 1. The van der Waals surface area contributed by atoms with Crippen molar-refractivity contribution in [3.05, 3.63) is 23.5 Å². The fourth-order valence-electron chi connectivity index (χ4n) is 2.78. The van der Waals surface area contributed by atoms with Crippen LogP contribution in [0.25, 0.3) is 0 Å². The number of hydrogen-bond acceptors (Lipinski definition) is 5. The van der Waals surface area contributed by atoms with Crippen molar-refractivity contribution in [1.29, 1.82) is 0 Å². The fraction of sp³-hybridized carbons (Fsp3) is 0.538. The Morgan fingerprint density at radius 2 is 2.33 bits per heavy atom. The number of nitrogen functional groups attached to an aromatic ring is 1. The highest BCUT2D eigenvalue weighted by molar-refractivity contribution is 5.97. The number of nitrogens with one attached hydrogen (secondary N) is 1. The first-order chi connectivity index (χ1) is 10.1. The van der Waals surface area contributed by atoms with Gasteiger partial charge in [-0.15, -0.1) is 10.2 Å². The van der Waals surface area contributed by atoms with E-state index >= 15 is 0 Å². The van der Waals surface area contributed by atoms with Crippen molar-refractivity contribution in [3.63, 3.8) is 0 Å². The Labute approximate surface area is 122 Å². The van der Waals surface area contributed by atoms with E-state index in [1.165, 1.54) is 0 Å². The van der Waals surface area contributed by atoms with Crippen molar-refractivity contribution >= 4 is 11.6 Å². The third-order valence-electron chi connectivity index (χ3n) is 4.02. The van der Waals surface area contributed by atoms with Gasteiger partial charge < -0.3 is 15.2 Å². The van der Waals surface area contributed by atoms with Crippen LogP contribution in [0.4, 0.5) is 5.69 Å². The van der Waals surface area contributed by atoms with Gasteiger partial charge in [-0.1, -0.05) is 0 Å². The van der Waals surface area contributed by atoms with Crippen LogP contribution in [-0.4, -0.2) is 48.9 Å². The third-order valence-corrected chi connectivity index (χ3v) is 4.02. The number of hydrogen-bond donors (Lipinski definition) is 2. The lowest BCUT2D eigenvalue weighted by molar-refractivity contribution is 0.0698. The number of rotatable bonds is 2. The number of aromatic nitrogens is 5. The predicted octanol–water partition coefficient (Wildman–Crippen LogP) is 0.449. The maximum Gasteiger partial charge on any atom is 0.276 e. The first-order valence-corrected chi connectivity index (χ1v) is 7.01. The number of carbonyl (C=O) groups is 1. The Hall–Kier alpha value is -2.38. The van der Waals surface area contributed by atoms with Crippen LogP contribution in [0.3, 0.4) is 0 Å². The SMILES string of the molecule is Cc1[nH]nc(C(=O)N2CCCC(c3nncn3C)C2)c1N. The number of nitrogens with zero attached hydrogens (tertiary/aromatic N) is 5. The standard InChI is InChI=1S/C13H19N7O/c1-8-10(14)11(17-16-8)13(21)20-5-3-4-9(6-20)12-18-15-7-19(12)2/h7,9H,3-6,14H2,1-2H3,(H,16,17). The largest absolute Gasteiger partial charge is 0.395 e. The molecule has 0 bridgehead atoms. The van der Waals surface area contributed by atoms with Crippen LogP contribution in [0, 0.1) is 6.92 Å². The zero-order valence-electron chi connectivity index (χ0n) is 12.2. The second kappa shape index (κ2) is 5.19. The number of anilines is 1. The van der Waals surface area contributed by atoms with Crippen LogP contribution < -0.4 is 5.73 Å². The monoisotopic (exact) mass is 289 g/mol. The van der Waals surface area contributed by atoms with E-state index in [0.717, 1.165) is 30.9 Å². The molecule has 1 aliphatic heterocycles. The Bertz CT molecular complexity index is 659. The molecule has 2 aromatic rings. The van der Waals surface area contributed by atoms with E-state index in [2.05, 4.69) is 20.4 Å². The number of aryl methyl sites for hydroxylation is 2. The van der Waals surface area contributed by atoms with E-state index in [0.29, 0.717) is 17.9 Å². The first-order valence-electron chi connectivity index (χ1n) is 7.01. The van der Waals surface area contributed by atoms with Crippen molar-refractivity contribution in [1.82, 2.24) is 29.9 Å². The Kier molecular flexibility index (Phi) is 3.36. The molecule has 0 spiro atoms. The van der Waals surface area contributed by atoms with Crippen molar-refractivity contribution < 1.29 is 4.79 Å². The zero-order valence-corrected chi connectivity index (χ0v) is 12.2. The summed E-state index contributed by atoms with van der Waals surface area (Å²) in [7, 11) is 1.92. The van der Waals surface area contributed by atoms with Gasteiger partial charge >= 0.3 is 0 Å². The van der Waals surface area contributed by atoms with E-state index in [-0.39, 0.29) is 11.8 Å². The average molecular weight is 289 g/mol. The highest BCUT2D eigenvalue weighted by atomic mass is 16.2. The van der Waals surface area contributed by atoms with Gasteiger partial charge in [0.15, 0.2) is 5.69 Å². The van der Waals surface area contributed by atoms with Gasteiger partial charge in [-0.2, -0.15) is 5.10 Å². The molecule has 0 saturated carbocycles. The van der Waals surface area contributed by atoms with Gasteiger partial charge in [-0.05, 0) is 19.8 Å². The number of likely N-dealkylation sites (tertiary alicyclic amines) is 1. The molecule has 112 valence electrons. The Balaban J connectivity index is 1.79. The fourth-order valence-corrected chi connectivity index (χ4v) is 2.78. The minimum absolute atomic E-state index is 0.122. The third kappa shape index (κ3) is 2.37. The highest BCUT2D eigenvalue weighted by Gasteiger charge is 2.30. The lowest BCUT2D eigenvalue weighted by atomic mass is 9.97. The van der Waals surface area contributed by atoms with Crippen LogP contribution in [0.2, 0.25) is 0 Å². The minimum Gasteiger partial charge on any atom is -0.395 e.